The van der Waals surface area contributed by atoms with Crippen LogP contribution in [0.3, 0.4) is 0 Å². The molecule has 0 aliphatic heterocycles. The van der Waals surface area contributed by atoms with Crippen LogP contribution >= 0.6 is 0 Å². The smallest absolute Gasteiger partial charge is 0.303 e. The molecule has 0 aliphatic rings. The summed E-state index contributed by atoms with van der Waals surface area (Å²) in [5.41, 5.74) is 2.20. The van der Waals surface area contributed by atoms with E-state index in [0.29, 0.717) is 18.7 Å². The first kappa shape index (κ1) is 16.5. The molecule has 2 N–H and O–H groups in total. The van der Waals surface area contributed by atoms with Crippen LogP contribution in [0.2, 0.25) is 0 Å². The Hall–Kier alpha value is -2.82. The van der Waals surface area contributed by atoms with Crippen LogP contribution in [0.1, 0.15) is 12.8 Å². The summed E-state index contributed by atoms with van der Waals surface area (Å²) < 4.78 is 5.41. The molecular weight excluding hydrogens is 294 g/mol. The van der Waals surface area contributed by atoms with Crippen molar-refractivity contribution in [3.63, 3.8) is 0 Å². The van der Waals surface area contributed by atoms with Crippen LogP contribution in [0, 0.1) is 0 Å². The summed E-state index contributed by atoms with van der Waals surface area (Å²) in [6, 6.07) is 17.5. The van der Waals surface area contributed by atoms with Crippen molar-refractivity contribution in [1.82, 2.24) is 5.32 Å². The van der Waals surface area contributed by atoms with Gasteiger partial charge in [0.2, 0.25) is 0 Å². The fourth-order valence-corrected chi connectivity index (χ4v) is 2.04. The van der Waals surface area contributed by atoms with E-state index in [4.69, 9.17) is 9.84 Å². The summed E-state index contributed by atoms with van der Waals surface area (Å²) in [6.45, 7) is 0.249. The summed E-state index contributed by atoms with van der Waals surface area (Å²) >= 11 is 0. The Labute approximate surface area is 134 Å². The van der Waals surface area contributed by atoms with Gasteiger partial charge >= 0.3 is 5.97 Å². The molecule has 0 fully saturated rings. The number of carbonyl (C=O) groups excluding carboxylic acids is 1. The zero-order valence-corrected chi connectivity index (χ0v) is 12.7. The number of benzene rings is 2. The molecule has 0 saturated carbocycles. The lowest BCUT2D eigenvalue weighted by Gasteiger charge is -2.08. The van der Waals surface area contributed by atoms with Crippen molar-refractivity contribution >= 4 is 11.9 Å². The van der Waals surface area contributed by atoms with Gasteiger partial charge in [-0.25, -0.2) is 0 Å². The van der Waals surface area contributed by atoms with Crippen molar-refractivity contribution in [2.24, 2.45) is 0 Å². The van der Waals surface area contributed by atoms with Crippen molar-refractivity contribution in [1.29, 1.82) is 0 Å². The quantitative estimate of drug-likeness (QED) is 0.735. The highest BCUT2D eigenvalue weighted by Crippen LogP contribution is 2.21. The second-order valence-electron chi connectivity index (χ2n) is 5.03. The maximum absolute atomic E-state index is 11.6. The van der Waals surface area contributed by atoms with E-state index in [2.05, 4.69) is 5.32 Å². The van der Waals surface area contributed by atoms with E-state index in [1.54, 1.807) is 0 Å². The molecule has 1 amide bonds. The van der Waals surface area contributed by atoms with E-state index in [9.17, 15) is 9.59 Å². The van der Waals surface area contributed by atoms with Crippen molar-refractivity contribution in [3.05, 3.63) is 54.6 Å². The minimum Gasteiger partial charge on any atom is -0.484 e. The van der Waals surface area contributed by atoms with Crippen LogP contribution in [-0.4, -0.2) is 30.1 Å². The summed E-state index contributed by atoms with van der Waals surface area (Å²) in [5.74, 6) is -0.512. The summed E-state index contributed by atoms with van der Waals surface area (Å²) in [7, 11) is 0. The Kier molecular flexibility index (Phi) is 6.17. The molecule has 0 heterocycles. The van der Waals surface area contributed by atoms with E-state index in [1.807, 2.05) is 54.6 Å². The number of carboxylic acids is 1. The zero-order valence-electron chi connectivity index (χ0n) is 12.7. The highest BCUT2D eigenvalue weighted by molar-refractivity contribution is 5.77. The molecule has 2 rings (SSSR count). The molecule has 0 saturated heterocycles. The number of hydrogen-bond donors (Lipinski definition) is 2. The summed E-state index contributed by atoms with van der Waals surface area (Å²) in [4.78, 5) is 21.9. The monoisotopic (exact) mass is 313 g/mol. The molecule has 0 aromatic heterocycles. The zero-order chi connectivity index (χ0) is 16.5. The molecule has 0 radical (unpaired) electrons. The van der Waals surface area contributed by atoms with E-state index in [0.717, 1.165) is 11.1 Å². The Morgan fingerprint density at radius 1 is 0.957 bits per heavy atom. The van der Waals surface area contributed by atoms with Crippen molar-refractivity contribution < 1.29 is 19.4 Å². The predicted molar refractivity (Wildman–Crippen MR) is 87.3 cm³/mol. The van der Waals surface area contributed by atoms with Crippen LogP contribution in [0.25, 0.3) is 11.1 Å². The fraction of sp³-hybridized carbons (Fsp3) is 0.222. The molecule has 0 spiro atoms. The number of ether oxygens (including phenoxy) is 1. The molecule has 0 unspecified atom stereocenters. The van der Waals surface area contributed by atoms with Crippen LogP contribution in [-0.2, 0) is 9.59 Å². The Bertz CT molecular complexity index is 638. The number of hydrogen-bond acceptors (Lipinski definition) is 3. The van der Waals surface area contributed by atoms with Crippen LogP contribution in [0.5, 0.6) is 5.75 Å². The third-order valence-electron chi connectivity index (χ3n) is 3.22. The van der Waals surface area contributed by atoms with Crippen LogP contribution in [0.15, 0.2) is 54.6 Å². The molecular formula is C18H19NO4. The standard InChI is InChI=1S/C18H19NO4/c20-17(19-12-4-7-18(21)22)13-23-16-10-8-15(9-11-16)14-5-2-1-3-6-14/h1-3,5-6,8-11H,4,7,12-13H2,(H,19,20)(H,21,22). The minimum atomic E-state index is -0.867. The van der Waals surface area contributed by atoms with Gasteiger partial charge in [-0.2, -0.15) is 0 Å². The van der Waals surface area contributed by atoms with E-state index < -0.39 is 5.97 Å². The van der Waals surface area contributed by atoms with E-state index in [1.165, 1.54) is 0 Å². The SMILES string of the molecule is O=C(O)CCCNC(=O)COc1ccc(-c2ccccc2)cc1. The van der Waals surface area contributed by atoms with Crippen molar-refractivity contribution in [2.45, 2.75) is 12.8 Å². The average molecular weight is 313 g/mol. The highest BCUT2D eigenvalue weighted by Gasteiger charge is 2.04. The number of aliphatic carboxylic acids is 1. The summed E-state index contributed by atoms with van der Waals surface area (Å²) in [5, 5.41) is 11.1. The number of carbonyl (C=O) groups is 2. The number of rotatable bonds is 8. The van der Waals surface area contributed by atoms with Gasteiger partial charge in [0.05, 0.1) is 0 Å². The normalized spacial score (nSPS) is 10.1. The lowest BCUT2D eigenvalue weighted by Crippen LogP contribution is -2.29. The van der Waals surface area contributed by atoms with Gasteiger partial charge in [0, 0.05) is 13.0 Å². The topological polar surface area (TPSA) is 75.6 Å². The fourth-order valence-electron chi connectivity index (χ4n) is 2.04. The maximum atomic E-state index is 11.6. The lowest BCUT2D eigenvalue weighted by molar-refractivity contribution is -0.137. The van der Waals surface area contributed by atoms with Gasteiger partial charge in [0.25, 0.3) is 5.91 Å². The Morgan fingerprint density at radius 2 is 1.61 bits per heavy atom. The molecule has 0 bridgehead atoms. The maximum Gasteiger partial charge on any atom is 0.303 e. The van der Waals surface area contributed by atoms with Crippen LogP contribution in [0.4, 0.5) is 0 Å². The molecule has 120 valence electrons. The number of nitrogens with one attached hydrogen (secondary N) is 1. The molecule has 2 aromatic carbocycles. The van der Waals surface area contributed by atoms with Gasteiger partial charge in [-0.1, -0.05) is 42.5 Å². The predicted octanol–water partition coefficient (Wildman–Crippen LogP) is 2.71. The Morgan fingerprint density at radius 3 is 2.26 bits per heavy atom. The van der Waals surface area contributed by atoms with Gasteiger partial charge in [-0.15, -0.1) is 0 Å². The number of carboxylic acid groups (broad SMARTS) is 1. The minimum absolute atomic E-state index is 0.0437. The number of amides is 1. The van der Waals surface area contributed by atoms with Crippen LogP contribution < -0.4 is 10.1 Å². The van der Waals surface area contributed by atoms with Crippen molar-refractivity contribution in [3.8, 4) is 16.9 Å². The third-order valence-corrected chi connectivity index (χ3v) is 3.22. The van der Waals surface area contributed by atoms with Gasteiger partial charge in [0.15, 0.2) is 6.61 Å². The average Bonchev–Trinajstić information content (AvgIpc) is 2.58. The first-order chi connectivity index (χ1) is 11.1. The van der Waals surface area contributed by atoms with Crippen molar-refractivity contribution in [2.75, 3.05) is 13.2 Å². The van der Waals surface area contributed by atoms with Gasteiger partial charge in [-0.3, -0.25) is 9.59 Å². The molecule has 0 atom stereocenters. The van der Waals surface area contributed by atoms with E-state index in [-0.39, 0.29) is 18.9 Å². The first-order valence-corrected chi connectivity index (χ1v) is 7.42. The molecule has 0 aliphatic carbocycles. The third kappa shape index (κ3) is 5.82. The first-order valence-electron chi connectivity index (χ1n) is 7.42. The molecule has 23 heavy (non-hydrogen) atoms. The highest BCUT2D eigenvalue weighted by atomic mass is 16.5. The second kappa shape index (κ2) is 8.58. The largest absolute Gasteiger partial charge is 0.484 e. The molecule has 2 aromatic rings. The molecule has 5 nitrogen and oxygen atoms in total. The van der Waals surface area contributed by atoms with Gasteiger partial charge < -0.3 is 15.2 Å². The van der Waals surface area contributed by atoms with Gasteiger partial charge in [0.1, 0.15) is 5.75 Å². The van der Waals surface area contributed by atoms with E-state index >= 15 is 0 Å². The molecule has 5 heteroatoms. The second-order valence-corrected chi connectivity index (χ2v) is 5.03. The lowest BCUT2D eigenvalue weighted by atomic mass is 10.1. The summed E-state index contributed by atoms with van der Waals surface area (Å²) in [6.07, 6.45) is 0.453. The van der Waals surface area contributed by atoms with Gasteiger partial charge in [-0.05, 0) is 29.7 Å². The Balaban J connectivity index is 1.76.